The average Bonchev–Trinajstić information content (AvgIpc) is 3.67. The normalized spacial score (nSPS) is 17.7. The molecule has 2 aromatic rings. The first-order valence-corrected chi connectivity index (χ1v) is 20.4. The number of rotatable bonds is 20. The standard InChI is InChI=1S/C41H61N5O9S/c1-10-26(4)36(44-38(50)32-18-14-15-19-45(32)7)40(51)46(23-35(48)53-8)33(25(2)3)22-34(55-28(6)47)39-43-31(24-56-39)37(49)42-30(20-27(5)41(52)54-9)21-29-16-12-11-13-17-29/h11-13,16-17,24-27,30,32-34,36H,10,14-15,18-23H2,1-9H3,(H,42,49)(H,44,50). The van der Waals surface area contributed by atoms with E-state index in [4.69, 9.17) is 14.2 Å². The molecule has 1 aromatic heterocycles. The fourth-order valence-electron chi connectivity index (χ4n) is 7.07. The first kappa shape index (κ1) is 46.0. The van der Waals surface area contributed by atoms with Gasteiger partial charge in [-0.2, -0.15) is 0 Å². The van der Waals surface area contributed by atoms with Gasteiger partial charge in [0.2, 0.25) is 11.8 Å². The molecule has 3 amide bonds. The number of carbonyl (C=O) groups is 6. The van der Waals surface area contributed by atoms with Gasteiger partial charge in [-0.3, -0.25) is 33.7 Å². The van der Waals surface area contributed by atoms with E-state index in [-0.39, 0.29) is 41.9 Å². The van der Waals surface area contributed by atoms with E-state index in [0.717, 1.165) is 36.3 Å². The Bertz CT molecular complexity index is 1620. The molecular formula is C41H61N5O9S. The number of esters is 3. The van der Waals surface area contributed by atoms with Crippen LogP contribution in [0, 0.1) is 17.8 Å². The van der Waals surface area contributed by atoms with Crippen LogP contribution in [-0.2, 0) is 44.6 Å². The molecule has 0 radical (unpaired) electrons. The zero-order chi connectivity index (χ0) is 41.5. The molecule has 15 heteroatoms. The summed E-state index contributed by atoms with van der Waals surface area (Å²) < 4.78 is 15.7. The molecule has 0 aliphatic carbocycles. The largest absolute Gasteiger partial charge is 0.469 e. The minimum Gasteiger partial charge on any atom is -0.469 e. The Morgan fingerprint density at radius 3 is 2.27 bits per heavy atom. The molecule has 14 nitrogen and oxygen atoms in total. The Balaban J connectivity index is 1.93. The van der Waals surface area contributed by atoms with Crippen LogP contribution in [0.1, 0.15) is 107 Å². The second kappa shape index (κ2) is 22.4. The summed E-state index contributed by atoms with van der Waals surface area (Å²) in [5, 5.41) is 7.95. The van der Waals surface area contributed by atoms with Crippen LogP contribution in [-0.4, -0.2) is 109 Å². The highest BCUT2D eigenvalue weighted by atomic mass is 32.1. The van der Waals surface area contributed by atoms with E-state index in [1.807, 2.05) is 70.0 Å². The number of amides is 3. The topological polar surface area (TPSA) is 174 Å². The zero-order valence-electron chi connectivity index (χ0n) is 34.4. The van der Waals surface area contributed by atoms with Crippen LogP contribution < -0.4 is 10.6 Å². The molecule has 1 fully saturated rings. The van der Waals surface area contributed by atoms with Crippen LogP contribution in [0.4, 0.5) is 0 Å². The molecule has 0 spiro atoms. The van der Waals surface area contributed by atoms with Crippen LogP contribution in [0.5, 0.6) is 0 Å². The summed E-state index contributed by atoms with van der Waals surface area (Å²) in [4.78, 5) is 87.6. The van der Waals surface area contributed by atoms with E-state index < -0.39 is 60.4 Å². The highest BCUT2D eigenvalue weighted by Crippen LogP contribution is 2.32. The van der Waals surface area contributed by atoms with Crippen LogP contribution in [0.25, 0.3) is 0 Å². The average molecular weight is 800 g/mol. The lowest BCUT2D eigenvalue weighted by Crippen LogP contribution is -2.59. The predicted octanol–water partition coefficient (Wildman–Crippen LogP) is 4.72. The van der Waals surface area contributed by atoms with Crippen molar-refractivity contribution >= 4 is 47.0 Å². The lowest BCUT2D eigenvalue weighted by molar-refractivity contribution is -0.154. The summed E-state index contributed by atoms with van der Waals surface area (Å²) in [6, 6.07) is 7.20. The fraction of sp³-hybridized carbons (Fsp3) is 0.634. The maximum atomic E-state index is 14.6. The van der Waals surface area contributed by atoms with E-state index in [1.54, 1.807) is 12.3 Å². The molecule has 7 atom stereocenters. The summed E-state index contributed by atoms with van der Waals surface area (Å²) in [5.74, 6) is -3.75. The maximum Gasteiger partial charge on any atom is 0.325 e. The predicted molar refractivity (Wildman–Crippen MR) is 212 cm³/mol. The molecule has 0 saturated carbocycles. The summed E-state index contributed by atoms with van der Waals surface area (Å²) in [7, 11) is 4.47. The highest BCUT2D eigenvalue weighted by Gasteiger charge is 2.40. The number of piperidine rings is 1. The summed E-state index contributed by atoms with van der Waals surface area (Å²) in [6.45, 7) is 11.0. The molecule has 0 bridgehead atoms. The smallest absolute Gasteiger partial charge is 0.325 e. The quantitative estimate of drug-likeness (QED) is 0.140. The van der Waals surface area contributed by atoms with Gasteiger partial charge in [0.25, 0.3) is 5.91 Å². The Labute approximate surface area is 335 Å². The molecule has 1 aromatic carbocycles. The van der Waals surface area contributed by atoms with Gasteiger partial charge in [0.1, 0.15) is 23.3 Å². The second-order valence-corrected chi connectivity index (χ2v) is 16.0. The van der Waals surface area contributed by atoms with Gasteiger partial charge in [0.05, 0.1) is 26.2 Å². The zero-order valence-corrected chi connectivity index (χ0v) is 35.2. The minimum atomic E-state index is -0.980. The molecule has 2 heterocycles. The van der Waals surface area contributed by atoms with Crippen LogP contribution in [0.15, 0.2) is 35.7 Å². The highest BCUT2D eigenvalue weighted by molar-refractivity contribution is 7.09. The van der Waals surface area contributed by atoms with Gasteiger partial charge >= 0.3 is 17.9 Å². The van der Waals surface area contributed by atoms with Crippen molar-refractivity contribution in [2.24, 2.45) is 17.8 Å². The van der Waals surface area contributed by atoms with E-state index >= 15 is 0 Å². The third-order valence-corrected chi connectivity index (χ3v) is 11.5. The van der Waals surface area contributed by atoms with Crippen LogP contribution in [0.2, 0.25) is 0 Å². The van der Waals surface area contributed by atoms with Gasteiger partial charge in [0.15, 0.2) is 6.10 Å². The van der Waals surface area contributed by atoms with Gasteiger partial charge in [-0.15, -0.1) is 11.3 Å². The number of benzene rings is 1. The van der Waals surface area contributed by atoms with Crippen molar-refractivity contribution in [3.63, 3.8) is 0 Å². The Morgan fingerprint density at radius 2 is 1.68 bits per heavy atom. The Kier molecular flexibility index (Phi) is 18.4. The van der Waals surface area contributed by atoms with Crippen molar-refractivity contribution in [1.82, 2.24) is 25.4 Å². The van der Waals surface area contributed by atoms with Crippen molar-refractivity contribution in [3.05, 3.63) is 52.0 Å². The van der Waals surface area contributed by atoms with Gasteiger partial charge < -0.3 is 29.7 Å². The van der Waals surface area contributed by atoms with Crippen LogP contribution >= 0.6 is 11.3 Å². The second-order valence-electron chi connectivity index (χ2n) is 15.1. The number of nitrogens with one attached hydrogen (secondary N) is 2. The molecule has 1 aliphatic heterocycles. The van der Waals surface area contributed by atoms with Gasteiger partial charge in [0, 0.05) is 30.8 Å². The maximum absolute atomic E-state index is 14.6. The van der Waals surface area contributed by atoms with Crippen molar-refractivity contribution in [1.29, 1.82) is 0 Å². The number of thiazole rings is 1. The number of ether oxygens (including phenoxy) is 3. The molecule has 1 aliphatic rings. The number of aromatic nitrogens is 1. The lowest BCUT2D eigenvalue weighted by Gasteiger charge is -2.39. The summed E-state index contributed by atoms with van der Waals surface area (Å²) >= 11 is 1.13. The Morgan fingerprint density at radius 1 is 0.982 bits per heavy atom. The summed E-state index contributed by atoms with van der Waals surface area (Å²) in [5.41, 5.74) is 1.08. The van der Waals surface area contributed by atoms with Crippen molar-refractivity contribution in [2.75, 3.05) is 34.4 Å². The number of carbonyl (C=O) groups excluding carboxylic acids is 6. The van der Waals surface area contributed by atoms with E-state index in [1.165, 1.54) is 26.0 Å². The minimum absolute atomic E-state index is 0.0500. The molecule has 7 unspecified atom stereocenters. The fourth-order valence-corrected chi connectivity index (χ4v) is 7.91. The number of nitrogens with zero attached hydrogens (tertiary/aromatic N) is 3. The Hall–Kier alpha value is -4.37. The number of likely N-dealkylation sites (tertiary alicyclic amines) is 1. The molecule has 1 saturated heterocycles. The van der Waals surface area contributed by atoms with Crippen molar-refractivity contribution in [3.8, 4) is 0 Å². The van der Waals surface area contributed by atoms with E-state index in [9.17, 15) is 28.8 Å². The molecule has 310 valence electrons. The first-order valence-electron chi connectivity index (χ1n) is 19.5. The molecule has 2 N–H and O–H groups in total. The number of methoxy groups -OCH3 is 2. The lowest BCUT2D eigenvalue weighted by atomic mass is 9.92. The number of hydrogen-bond acceptors (Lipinski definition) is 12. The first-order chi connectivity index (χ1) is 26.6. The molecule has 3 rings (SSSR count). The van der Waals surface area contributed by atoms with Crippen molar-refractivity contribution < 1.29 is 43.0 Å². The van der Waals surface area contributed by atoms with Crippen molar-refractivity contribution in [2.45, 2.75) is 117 Å². The van der Waals surface area contributed by atoms with Gasteiger partial charge in [-0.25, -0.2) is 4.98 Å². The number of hydrogen-bond donors (Lipinski definition) is 2. The third kappa shape index (κ3) is 13.4. The molecular weight excluding hydrogens is 739 g/mol. The van der Waals surface area contributed by atoms with Gasteiger partial charge in [-0.05, 0) is 56.7 Å². The van der Waals surface area contributed by atoms with E-state index in [0.29, 0.717) is 30.7 Å². The van der Waals surface area contributed by atoms with Crippen LogP contribution in [0.3, 0.4) is 0 Å². The molecule has 56 heavy (non-hydrogen) atoms. The third-order valence-electron chi connectivity index (χ3n) is 10.5. The van der Waals surface area contributed by atoms with E-state index in [2.05, 4.69) is 15.6 Å². The SMILES string of the molecule is CCC(C)C(NC(=O)C1CCCCN1C)C(=O)N(CC(=O)OC)C(CC(OC(C)=O)c1nc(C(=O)NC(Cc2ccccc2)CC(C)C(=O)OC)cs1)C(C)C. The monoisotopic (exact) mass is 799 g/mol. The number of likely N-dealkylation sites (N-methyl/N-ethyl adjacent to an activating group) is 1. The van der Waals surface area contributed by atoms with Gasteiger partial charge in [-0.1, -0.05) is 77.8 Å². The summed E-state index contributed by atoms with van der Waals surface area (Å²) in [6.07, 6.45) is 3.05.